The second-order valence-electron chi connectivity index (χ2n) is 5.27. The third kappa shape index (κ3) is 6.48. The van der Waals surface area contributed by atoms with E-state index in [0.29, 0.717) is 6.04 Å². The average Bonchev–Trinajstić information content (AvgIpc) is 2.30. The molecule has 0 aliphatic carbocycles. The number of hydrogen-bond acceptors (Lipinski definition) is 1. The van der Waals surface area contributed by atoms with Crippen molar-refractivity contribution in [3.8, 4) is 0 Å². The van der Waals surface area contributed by atoms with E-state index in [1.807, 2.05) is 0 Å². The van der Waals surface area contributed by atoms with Gasteiger partial charge in [-0.3, -0.25) is 0 Å². The van der Waals surface area contributed by atoms with Crippen LogP contribution >= 0.6 is 0 Å². The molecule has 2 atom stereocenters. The first-order valence-electron chi connectivity index (χ1n) is 7.02. The van der Waals surface area contributed by atoms with Crippen molar-refractivity contribution in [2.45, 2.75) is 58.4 Å². The fourth-order valence-electron chi connectivity index (χ4n) is 2.46. The van der Waals surface area contributed by atoms with Gasteiger partial charge in [0.25, 0.3) is 0 Å². The van der Waals surface area contributed by atoms with Gasteiger partial charge in [-0.1, -0.05) is 57.0 Å². The van der Waals surface area contributed by atoms with Gasteiger partial charge in [0.2, 0.25) is 0 Å². The summed E-state index contributed by atoms with van der Waals surface area (Å²) in [5.41, 5.74) is 7.60. The molecule has 0 aromatic heterocycles. The molecule has 1 nitrogen and oxygen atoms in total. The van der Waals surface area contributed by atoms with Crippen molar-refractivity contribution >= 4 is 0 Å². The predicted octanol–water partition coefficient (Wildman–Crippen LogP) is 4.16. The van der Waals surface area contributed by atoms with Crippen LogP contribution in [0.15, 0.2) is 30.3 Å². The molecule has 1 aromatic rings. The first kappa shape index (κ1) is 14.2. The van der Waals surface area contributed by atoms with E-state index in [9.17, 15) is 0 Å². The molecule has 0 spiro atoms. The minimum atomic E-state index is 0.389. The summed E-state index contributed by atoms with van der Waals surface area (Å²) in [7, 11) is 0. The van der Waals surface area contributed by atoms with Gasteiger partial charge in [0.1, 0.15) is 0 Å². The van der Waals surface area contributed by atoms with Crippen molar-refractivity contribution in [1.82, 2.24) is 0 Å². The Morgan fingerprint density at radius 1 is 1.12 bits per heavy atom. The lowest BCUT2D eigenvalue weighted by atomic mass is 9.94. The Balaban J connectivity index is 2.14. The highest BCUT2D eigenvalue weighted by atomic mass is 14.6. The maximum atomic E-state index is 6.17. The predicted molar refractivity (Wildman–Crippen MR) is 76.0 cm³/mol. The molecule has 0 amide bonds. The van der Waals surface area contributed by atoms with Crippen molar-refractivity contribution < 1.29 is 0 Å². The Bertz CT molecular complexity index is 281. The normalized spacial score (nSPS) is 14.5. The molecule has 17 heavy (non-hydrogen) atoms. The second kappa shape index (κ2) is 8.30. The van der Waals surface area contributed by atoms with Crippen molar-refractivity contribution in [2.24, 2.45) is 11.7 Å². The second-order valence-corrected chi connectivity index (χ2v) is 5.27. The van der Waals surface area contributed by atoms with Crippen LogP contribution in [0, 0.1) is 5.92 Å². The molecular weight excluding hydrogens is 206 g/mol. The van der Waals surface area contributed by atoms with Crippen molar-refractivity contribution in [2.75, 3.05) is 0 Å². The molecule has 0 saturated heterocycles. The molecule has 0 aliphatic heterocycles. The van der Waals surface area contributed by atoms with E-state index >= 15 is 0 Å². The van der Waals surface area contributed by atoms with E-state index < -0.39 is 0 Å². The zero-order chi connectivity index (χ0) is 12.5. The van der Waals surface area contributed by atoms with Gasteiger partial charge >= 0.3 is 0 Å². The van der Waals surface area contributed by atoms with E-state index in [2.05, 4.69) is 44.2 Å². The lowest BCUT2D eigenvalue weighted by Gasteiger charge is -2.16. The van der Waals surface area contributed by atoms with Gasteiger partial charge in [-0.05, 0) is 37.2 Å². The van der Waals surface area contributed by atoms with Crippen molar-refractivity contribution in [1.29, 1.82) is 0 Å². The van der Waals surface area contributed by atoms with E-state index in [-0.39, 0.29) is 0 Å². The minimum absolute atomic E-state index is 0.389. The fourth-order valence-corrected chi connectivity index (χ4v) is 2.46. The van der Waals surface area contributed by atoms with Gasteiger partial charge in [-0.25, -0.2) is 0 Å². The van der Waals surface area contributed by atoms with E-state index in [1.165, 1.54) is 31.2 Å². The highest BCUT2D eigenvalue weighted by molar-refractivity contribution is 5.14. The summed E-state index contributed by atoms with van der Waals surface area (Å²) < 4.78 is 0. The summed E-state index contributed by atoms with van der Waals surface area (Å²) in [6, 6.07) is 11.1. The third-order valence-corrected chi connectivity index (χ3v) is 3.37. The fraction of sp³-hybridized carbons (Fsp3) is 0.625. The Morgan fingerprint density at radius 2 is 1.82 bits per heavy atom. The zero-order valence-corrected chi connectivity index (χ0v) is 11.4. The maximum Gasteiger partial charge on any atom is 0.00414 e. The summed E-state index contributed by atoms with van der Waals surface area (Å²) in [4.78, 5) is 0. The zero-order valence-electron chi connectivity index (χ0n) is 11.4. The number of hydrogen-bond donors (Lipinski definition) is 1. The van der Waals surface area contributed by atoms with Gasteiger partial charge in [0.05, 0.1) is 0 Å². The lowest BCUT2D eigenvalue weighted by Crippen LogP contribution is -2.22. The molecular formula is C16H27N. The summed E-state index contributed by atoms with van der Waals surface area (Å²) >= 11 is 0. The van der Waals surface area contributed by atoms with Crippen LogP contribution < -0.4 is 5.73 Å². The Hall–Kier alpha value is -0.820. The summed E-state index contributed by atoms with van der Waals surface area (Å²) in [5, 5.41) is 0. The molecule has 1 aromatic carbocycles. The highest BCUT2D eigenvalue weighted by Crippen LogP contribution is 2.15. The van der Waals surface area contributed by atoms with Crippen LogP contribution in [0.2, 0.25) is 0 Å². The summed E-state index contributed by atoms with van der Waals surface area (Å²) in [5.74, 6) is 0.784. The van der Waals surface area contributed by atoms with E-state index in [4.69, 9.17) is 5.73 Å². The molecule has 2 N–H and O–H groups in total. The Labute approximate surface area is 106 Å². The number of rotatable bonds is 8. The first-order chi connectivity index (χ1) is 8.22. The number of aryl methyl sites for hydroxylation is 1. The maximum absolute atomic E-state index is 6.17. The average molecular weight is 233 g/mol. The summed E-state index contributed by atoms with van der Waals surface area (Å²) in [6.45, 7) is 4.57. The third-order valence-electron chi connectivity index (χ3n) is 3.37. The van der Waals surface area contributed by atoms with Gasteiger partial charge in [-0.15, -0.1) is 0 Å². The SMILES string of the molecule is CCCC(C)CC(N)CCCc1ccccc1. The molecule has 0 heterocycles. The van der Waals surface area contributed by atoms with Crippen LogP contribution in [0.5, 0.6) is 0 Å². The minimum Gasteiger partial charge on any atom is -0.328 e. The van der Waals surface area contributed by atoms with Crippen LogP contribution in [0.3, 0.4) is 0 Å². The van der Waals surface area contributed by atoms with Gasteiger partial charge < -0.3 is 5.73 Å². The monoisotopic (exact) mass is 233 g/mol. The first-order valence-corrected chi connectivity index (χ1v) is 7.02. The van der Waals surface area contributed by atoms with Crippen LogP contribution in [0.25, 0.3) is 0 Å². The van der Waals surface area contributed by atoms with Crippen LogP contribution in [-0.2, 0) is 6.42 Å². The largest absolute Gasteiger partial charge is 0.328 e. The van der Waals surface area contributed by atoms with Crippen LogP contribution in [0.1, 0.15) is 51.5 Å². The van der Waals surface area contributed by atoms with E-state index in [0.717, 1.165) is 18.8 Å². The van der Waals surface area contributed by atoms with Gasteiger partial charge in [0.15, 0.2) is 0 Å². The molecule has 2 unspecified atom stereocenters. The molecule has 96 valence electrons. The van der Waals surface area contributed by atoms with Gasteiger partial charge in [0, 0.05) is 6.04 Å². The van der Waals surface area contributed by atoms with Crippen molar-refractivity contribution in [3.05, 3.63) is 35.9 Å². The molecule has 1 heteroatoms. The lowest BCUT2D eigenvalue weighted by molar-refractivity contribution is 0.414. The van der Waals surface area contributed by atoms with Crippen molar-refractivity contribution in [3.63, 3.8) is 0 Å². The Kier molecular flexibility index (Phi) is 6.95. The molecule has 0 saturated carbocycles. The molecule has 0 bridgehead atoms. The molecule has 0 fully saturated rings. The Morgan fingerprint density at radius 3 is 2.47 bits per heavy atom. The number of nitrogens with two attached hydrogens (primary N) is 1. The van der Waals surface area contributed by atoms with E-state index in [1.54, 1.807) is 0 Å². The smallest absolute Gasteiger partial charge is 0.00414 e. The number of benzene rings is 1. The summed E-state index contributed by atoms with van der Waals surface area (Å²) in [6.07, 6.45) is 7.30. The molecule has 0 aliphatic rings. The van der Waals surface area contributed by atoms with Gasteiger partial charge in [-0.2, -0.15) is 0 Å². The highest BCUT2D eigenvalue weighted by Gasteiger charge is 2.08. The van der Waals surface area contributed by atoms with Crippen LogP contribution in [0.4, 0.5) is 0 Å². The quantitative estimate of drug-likeness (QED) is 0.716. The topological polar surface area (TPSA) is 26.0 Å². The molecule has 0 radical (unpaired) electrons. The van der Waals surface area contributed by atoms with Crippen LogP contribution in [-0.4, -0.2) is 6.04 Å². The standard InChI is InChI=1S/C16H27N/c1-3-8-14(2)13-16(17)12-7-11-15-9-5-4-6-10-15/h4-6,9-10,14,16H,3,7-8,11-13,17H2,1-2H3. The molecule has 1 rings (SSSR count).